The van der Waals surface area contributed by atoms with Gasteiger partial charge in [-0.25, -0.2) is 0 Å². The lowest BCUT2D eigenvalue weighted by atomic mass is 10.0. The van der Waals surface area contributed by atoms with Crippen molar-refractivity contribution < 1.29 is 4.43 Å². The molecule has 0 aromatic carbocycles. The third-order valence-corrected chi connectivity index (χ3v) is 5.28. The van der Waals surface area contributed by atoms with Crippen LogP contribution in [0.2, 0.25) is 0 Å². The lowest BCUT2D eigenvalue weighted by Gasteiger charge is -2.08. The van der Waals surface area contributed by atoms with E-state index in [1.807, 2.05) is 0 Å². The molecule has 0 amide bonds. The Morgan fingerprint density at radius 3 is 1.24 bits per heavy atom. The van der Waals surface area contributed by atoms with Gasteiger partial charge in [0, 0.05) is 6.61 Å². The average molecular weight is 376 g/mol. The summed E-state index contributed by atoms with van der Waals surface area (Å²) >= 11 is 16.9. The van der Waals surface area contributed by atoms with Crippen LogP contribution >= 0.6 is 33.2 Å². The average Bonchev–Trinajstić information content (AvgIpc) is 2.42. The molecule has 1 nitrogen and oxygen atoms in total. The standard InChI is InChI=1S/C16H33Cl3OSi/c1-2-3-4-5-6-7-8-9-10-11-12-13-14-15-16-20-21(17,18)19/h2-16H2,1H3. The molecule has 0 radical (unpaired) electrons. The van der Waals surface area contributed by atoms with Crippen molar-refractivity contribution in [2.45, 2.75) is 96.8 Å². The lowest BCUT2D eigenvalue weighted by Crippen LogP contribution is -2.16. The van der Waals surface area contributed by atoms with E-state index < -0.39 is 6.25 Å². The molecule has 0 aliphatic heterocycles. The summed E-state index contributed by atoms with van der Waals surface area (Å²) in [6, 6.07) is 0. The summed E-state index contributed by atoms with van der Waals surface area (Å²) < 4.78 is 5.17. The third-order valence-electron chi connectivity index (χ3n) is 3.76. The minimum absolute atomic E-state index is 0.598. The van der Waals surface area contributed by atoms with E-state index in [0.717, 1.165) is 6.42 Å². The maximum atomic E-state index is 5.64. The van der Waals surface area contributed by atoms with Crippen molar-refractivity contribution >= 4 is 39.5 Å². The van der Waals surface area contributed by atoms with Crippen LogP contribution in [0.15, 0.2) is 0 Å². The number of halogens is 3. The number of unbranched alkanes of at least 4 members (excludes halogenated alkanes) is 13. The van der Waals surface area contributed by atoms with E-state index >= 15 is 0 Å². The third kappa shape index (κ3) is 21.0. The van der Waals surface area contributed by atoms with Gasteiger partial charge in [0.1, 0.15) is 0 Å². The maximum Gasteiger partial charge on any atom is 0.493 e. The molecule has 0 N–H and O–H groups in total. The van der Waals surface area contributed by atoms with Crippen molar-refractivity contribution in [1.29, 1.82) is 0 Å². The van der Waals surface area contributed by atoms with Crippen LogP contribution in [0, 0.1) is 0 Å². The highest BCUT2D eigenvalue weighted by atomic mass is 35.8. The van der Waals surface area contributed by atoms with Gasteiger partial charge in [-0.1, -0.05) is 124 Å². The molecular formula is C16H33Cl3OSi. The van der Waals surface area contributed by atoms with Crippen LogP contribution in [0.3, 0.4) is 0 Å². The van der Waals surface area contributed by atoms with Crippen molar-refractivity contribution in [3.8, 4) is 0 Å². The van der Waals surface area contributed by atoms with E-state index in [9.17, 15) is 0 Å². The molecule has 5 heteroatoms. The van der Waals surface area contributed by atoms with E-state index in [-0.39, 0.29) is 0 Å². The fourth-order valence-corrected chi connectivity index (χ4v) is 3.55. The zero-order valence-electron chi connectivity index (χ0n) is 13.6. The summed E-state index contributed by atoms with van der Waals surface area (Å²) in [5.74, 6) is 0. The molecule has 0 rings (SSSR count). The van der Waals surface area contributed by atoms with Gasteiger partial charge in [-0.05, 0) is 6.42 Å². The molecule has 21 heavy (non-hydrogen) atoms. The molecule has 0 spiro atoms. The second kappa shape index (κ2) is 15.9. The molecule has 0 atom stereocenters. The topological polar surface area (TPSA) is 9.23 Å². The first kappa shape index (κ1) is 22.0. The van der Waals surface area contributed by atoms with Crippen molar-refractivity contribution in [1.82, 2.24) is 0 Å². The van der Waals surface area contributed by atoms with Gasteiger partial charge in [0.2, 0.25) is 0 Å². The van der Waals surface area contributed by atoms with Crippen LogP contribution in [-0.2, 0) is 4.43 Å². The minimum atomic E-state index is -2.85. The van der Waals surface area contributed by atoms with Gasteiger partial charge in [-0.15, -0.1) is 0 Å². The van der Waals surface area contributed by atoms with Crippen molar-refractivity contribution in [2.75, 3.05) is 6.61 Å². The summed E-state index contributed by atoms with van der Waals surface area (Å²) in [5, 5.41) is 0. The highest BCUT2D eigenvalue weighted by Crippen LogP contribution is 2.21. The minimum Gasteiger partial charge on any atom is -0.381 e. The predicted octanol–water partition coefficient (Wildman–Crippen LogP) is 7.64. The number of hydrogen-bond donors (Lipinski definition) is 0. The normalized spacial score (nSPS) is 12.0. The van der Waals surface area contributed by atoms with Crippen LogP contribution in [0.1, 0.15) is 96.8 Å². The zero-order chi connectivity index (χ0) is 15.8. The molecule has 0 aromatic rings. The van der Waals surface area contributed by atoms with Gasteiger partial charge >= 0.3 is 6.25 Å². The molecule has 0 aliphatic carbocycles. The molecule has 0 heterocycles. The molecule has 0 saturated heterocycles. The van der Waals surface area contributed by atoms with Gasteiger partial charge in [-0.3, -0.25) is 0 Å². The second-order valence-electron chi connectivity index (χ2n) is 5.89. The Hall–Kier alpha value is 1.05. The van der Waals surface area contributed by atoms with Crippen LogP contribution in [-0.4, -0.2) is 12.9 Å². The second-order valence-corrected chi connectivity index (χ2v) is 13.6. The molecular weight excluding hydrogens is 343 g/mol. The monoisotopic (exact) mass is 374 g/mol. The van der Waals surface area contributed by atoms with Crippen LogP contribution in [0.5, 0.6) is 0 Å². The zero-order valence-corrected chi connectivity index (χ0v) is 16.9. The van der Waals surface area contributed by atoms with Crippen LogP contribution < -0.4 is 0 Å². The van der Waals surface area contributed by atoms with E-state index in [1.54, 1.807) is 0 Å². The van der Waals surface area contributed by atoms with Gasteiger partial charge in [0.15, 0.2) is 0 Å². The smallest absolute Gasteiger partial charge is 0.381 e. The lowest BCUT2D eigenvalue weighted by molar-refractivity contribution is 0.320. The van der Waals surface area contributed by atoms with Gasteiger partial charge < -0.3 is 4.43 Å². The van der Waals surface area contributed by atoms with Crippen LogP contribution in [0.4, 0.5) is 0 Å². The summed E-state index contributed by atoms with van der Waals surface area (Å²) in [5.41, 5.74) is 0. The summed E-state index contributed by atoms with van der Waals surface area (Å²) in [6.07, 6.45) is 16.1. The molecule has 0 saturated carbocycles. The fraction of sp³-hybridized carbons (Fsp3) is 1.00. The Morgan fingerprint density at radius 1 is 0.571 bits per heavy atom. The summed E-state index contributed by atoms with van der Waals surface area (Å²) in [7, 11) is 0. The van der Waals surface area contributed by atoms with E-state index in [2.05, 4.69) is 6.92 Å². The quantitative estimate of drug-likeness (QED) is 0.153. The largest absolute Gasteiger partial charge is 0.493 e. The predicted molar refractivity (Wildman–Crippen MR) is 99.6 cm³/mol. The van der Waals surface area contributed by atoms with E-state index in [1.165, 1.54) is 83.5 Å². The first-order chi connectivity index (χ1) is 10.1. The van der Waals surface area contributed by atoms with Gasteiger partial charge in [0.05, 0.1) is 0 Å². The SMILES string of the molecule is CCCCCCCCCCCCCCCCO[Si](Cl)(Cl)Cl. The van der Waals surface area contributed by atoms with Crippen molar-refractivity contribution in [3.05, 3.63) is 0 Å². The Bertz CT molecular complexity index is 210. The molecule has 0 aromatic heterocycles. The maximum absolute atomic E-state index is 5.64. The fourth-order valence-electron chi connectivity index (χ4n) is 2.48. The highest BCUT2D eigenvalue weighted by Gasteiger charge is 2.26. The molecule has 0 aliphatic rings. The number of rotatable bonds is 16. The molecule has 0 bridgehead atoms. The summed E-state index contributed by atoms with van der Waals surface area (Å²) in [4.78, 5) is 0. The Balaban J connectivity index is 3.00. The Morgan fingerprint density at radius 2 is 0.905 bits per heavy atom. The molecule has 0 unspecified atom stereocenters. The van der Waals surface area contributed by atoms with Crippen molar-refractivity contribution in [3.63, 3.8) is 0 Å². The highest BCUT2D eigenvalue weighted by molar-refractivity contribution is 7.62. The van der Waals surface area contributed by atoms with E-state index in [4.69, 9.17) is 37.7 Å². The molecule has 128 valence electrons. The first-order valence-electron chi connectivity index (χ1n) is 8.77. The summed E-state index contributed by atoms with van der Waals surface area (Å²) in [6.45, 7) is 2.87. The Labute approximate surface area is 147 Å². The number of hydrogen-bond acceptors (Lipinski definition) is 1. The van der Waals surface area contributed by atoms with E-state index in [0.29, 0.717) is 6.61 Å². The Kier molecular flexibility index (Phi) is 16.7. The van der Waals surface area contributed by atoms with Crippen LogP contribution in [0.25, 0.3) is 0 Å². The van der Waals surface area contributed by atoms with Gasteiger partial charge in [0.25, 0.3) is 0 Å². The van der Waals surface area contributed by atoms with Gasteiger partial charge in [-0.2, -0.15) is 0 Å². The van der Waals surface area contributed by atoms with Crippen molar-refractivity contribution in [2.24, 2.45) is 0 Å². The first-order valence-corrected chi connectivity index (χ1v) is 13.7. The molecule has 0 fully saturated rings.